The Kier molecular flexibility index (Phi) is 5.35. The molecule has 1 aromatic rings. The van der Waals surface area contributed by atoms with E-state index in [1.54, 1.807) is 0 Å². The fourth-order valence-electron chi connectivity index (χ4n) is 2.90. The van der Waals surface area contributed by atoms with Crippen LogP contribution in [0.2, 0.25) is 0 Å². The molecule has 0 bridgehead atoms. The van der Waals surface area contributed by atoms with Crippen molar-refractivity contribution in [2.75, 3.05) is 25.9 Å². The van der Waals surface area contributed by atoms with Crippen molar-refractivity contribution in [3.63, 3.8) is 0 Å². The molecular formula is C15H23FN2O2S. The van der Waals surface area contributed by atoms with Crippen LogP contribution in [0.1, 0.15) is 31.2 Å². The van der Waals surface area contributed by atoms with E-state index in [9.17, 15) is 12.8 Å². The largest absolute Gasteiger partial charge is 0.301 e. The quantitative estimate of drug-likeness (QED) is 0.903. The number of sulfonamides is 1. The highest BCUT2D eigenvalue weighted by Gasteiger charge is 2.23. The van der Waals surface area contributed by atoms with Gasteiger partial charge in [-0.05, 0) is 43.0 Å². The molecule has 1 aliphatic heterocycles. The number of hydrogen-bond acceptors (Lipinski definition) is 3. The maximum atomic E-state index is 12.9. The maximum absolute atomic E-state index is 12.9. The molecule has 6 heteroatoms. The molecule has 1 aromatic carbocycles. The van der Waals surface area contributed by atoms with Crippen LogP contribution in [0.3, 0.4) is 0 Å². The number of piperidine rings is 1. The van der Waals surface area contributed by atoms with Crippen LogP contribution in [0.4, 0.5) is 4.39 Å². The third kappa shape index (κ3) is 5.37. The molecule has 2 atom stereocenters. The van der Waals surface area contributed by atoms with Gasteiger partial charge in [0, 0.05) is 19.1 Å². The molecule has 21 heavy (non-hydrogen) atoms. The molecule has 4 nitrogen and oxygen atoms in total. The highest BCUT2D eigenvalue weighted by atomic mass is 32.2. The minimum Gasteiger partial charge on any atom is -0.301 e. The van der Waals surface area contributed by atoms with Crippen LogP contribution < -0.4 is 4.72 Å². The summed E-state index contributed by atoms with van der Waals surface area (Å²) in [6.45, 7) is 4.68. The summed E-state index contributed by atoms with van der Waals surface area (Å²) in [7, 11) is -3.15. The number of rotatable bonds is 5. The first-order valence-corrected chi connectivity index (χ1v) is 9.18. The smallest absolute Gasteiger partial charge is 0.208 e. The number of benzene rings is 1. The minimum absolute atomic E-state index is 0.00540. The van der Waals surface area contributed by atoms with E-state index in [4.69, 9.17) is 0 Å². The van der Waals surface area contributed by atoms with E-state index in [1.807, 2.05) is 12.1 Å². The highest BCUT2D eigenvalue weighted by Crippen LogP contribution is 2.20. The number of halogens is 1. The van der Waals surface area contributed by atoms with Gasteiger partial charge in [-0.2, -0.15) is 0 Å². The van der Waals surface area contributed by atoms with Gasteiger partial charge in [-0.25, -0.2) is 17.5 Å². The Balaban J connectivity index is 1.91. The fourth-order valence-corrected chi connectivity index (χ4v) is 3.70. The van der Waals surface area contributed by atoms with Crippen molar-refractivity contribution in [2.45, 2.75) is 31.7 Å². The van der Waals surface area contributed by atoms with Gasteiger partial charge in [0.2, 0.25) is 10.0 Å². The second-order valence-electron chi connectivity index (χ2n) is 5.94. The Hall–Kier alpha value is -0.980. The summed E-state index contributed by atoms with van der Waals surface area (Å²) in [5.74, 6) is 0.0731. The minimum atomic E-state index is -3.15. The van der Waals surface area contributed by atoms with Gasteiger partial charge in [-0.15, -0.1) is 0 Å². The van der Waals surface area contributed by atoms with E-state index in [0.29, 0.717) is 5.92 Å². The monoisotopic (exact) mass is 314 g/mol. The van der Waals surface area contributed by atoms with E-state index in [1.165, 1.54) is 18.4 Å². The second kappa shape index (κ2) is 6.85. The average Bonchev–Trinajstić information content (AvgIpc) is 2.37. The highest BCUT2D eigenvalue weighted by molar-refractivity contribution is 7.88. The first kappa shape index (κ1) is 16.4. The summed E-state index contributed by atoms with van der Waals surface area (Å²) in [4.78, 5) is 2.28. The zero-order chi connectivity index (χ0) is 15.5. The molecule has 0 amide bonds. The average molecular weight is 314 g/mol. The van der Waals surface area contributed by atoms with Gasteiger partial charge < -0.3 is 4.90 Å². The number of hydrogen-bond donors (Lipinski definition) is 1. The lowest BCUT2D eigenvalue weighted by Gasteiger charge is -2.34. The molecule has 1 N–H and O–H groups in total. The van der Waals surface area contributed by atoms with Crippen LogP contribution in [0.25, 0.3) is 0 Å². The zero-order valence-electron chi connectivity index (χ0n) is 12.5. The lowest BCUT2D eigenvalue weighted by atomic mass is 9.98. The zero-order valence-corrected chi connectivity index (χ0v) is 13.4. The van der Waals surface area contributed by atoms with Crippen LogP contribution in [-0.2, 0) is 10.0 Å². The van der Waals surface area contributed by atoms with Gasteiger partial charge in [0.15, 0.2) is 0 Å². The molecule has 2 rings (SSSR count). The van der Waals surface area contributed by atoms with Crippen molar-refractivity contribution in [1.82, 2.24) is 9.62 Å². The Morgan fingerprint density at radius 1 is 1.38 bits per heavy atom. The topological polar surface area (TPSA) is 49.4 Å². The molecule has 0 spiro atoms. The lowest BCUT2D eigenvalue weighted by Crippen LogP contribution is -2.48. The summed E-state index contributed by atoms with van der Waals surface area (Å²) >= 11 is 0. The van der Waals surface area contributed by atoms with E-state index >= 15 is 0 Å². The molecular weight excluding hydrogens is 291 g/mol. The van der Waals surface area contributed by atoms with E-state index < -0.39 is 10.0 Å². The predicted molar refractivity (Wildman–Crippen MR) is 82.3 cm³/mol. The van der Waals surface area contributed by atoms with Crippen molar-refractivity contribution < 1.29 is 12.8 Å². The number of nitrogens with one attached hydrogen (secondary N) is 1. The van der Waals surface area contributed by atoms with E-state index in [-0.39, 0.29) is 11.9 Å². The van der Waals surface area contributed by atoms with Crippen molar-refractivity contribution in [3.05, 3.63) is 35.6 Å². The van der Waals surface area contributed by atoms with Crippen molar-refractivity contribution in [1.29, 1.82) is 0 Å². The first-order valence-electron chi connectivity index (χ1n) is 7.28. The third-order valence-corrected chi connectivity index (χ3v) is 4.62. The summed E-state index contributed by atoms with van der Waals surface area (Å²) in [5, 5.41) is 0. The van der Waals surface area contributed by atoms with Gasteiger partial charge in [0.1, 0.15) is 5.82 Å². The first-order chi connectivity index (χ1) is 9.83. The van der Waals surface area contributed by atoms with E-state index in [0.717, 1.165) is 38.0 Å². The Morgan fingerprint density at radius 2 is 2.05 bits per heavy atom. The number of likely N-dealkylation sites (tertiary alicyclic amines) is 1. The fraction of sp³-hybridized carbons (Fsp3) is 0.600. The van der Waals surface area contributed by atoms with Gasteiger partial charge in [0.05, 0.1) is 6.26 Å². The molecule has 0 radical (unpaired) electrons. The van der Waals surface area contributed by atoms with Gasteiger partial charge in [-0.1, -0.05) is 19.1 Å². The molecule has 1 fully saturated rings. The van der Waals surface area contributed by atoms with E-state index in [2.05, 4.69) is 16.5 Å². The van der Waals surface area contributed by atoms with Gasteiger partial charge >= 0.3 is 0 Å². The summed E-state index contributed by atoms with van der Waals surface area (Å²) in [6, 6.07) is 6.59. The molecule has 0 unspecified atom stereocenters. The molecule has 0 aromatic heterocycles. The van der Waals surface area contributed by atoms with Crippen molar-refractivity contribution >= 4 is 10.0 Å². The Labute approximate surface area is 126 Å². The summed E-state index contributed by atoms with van der Waals surface area (Å²) < 4.78 is 38.3. The van der Waals surface area contributed by atoms with Crippen LogP contribution in [0.15, 0.2) is 24.3 Å². The molecule has 118 valence electrons. The summed E-state index contributed by atoms with van der Waals surface area (Å²) in [6.07, 6.45) is 3.07. The van der Waals surface area contributed by atoms with Crippen molar-refractivity contribution in [3.8, 4) is 0 Å². The lowest BCUT2D eigenvalue weighted by molar-refractivity contribution is 0.194. The SMILES string of the molecule is C[C@H](CN1CCC[C@@H](NS(C)(=O)=O)C1)c1ccc(F)cc1. The Morgan fingerprint density at radius 3 is 2.67 bits per heavy atom. The standard InChI is InChI=1S/C15H23FN2O2S/c1-12(13-5-7-14(16)8-6-13)10-18-9-3-4-15(11-18)17-21(2,19)20/h5-8,12,15,17H,3-4,9-11H2,1-2H3/t12-,15-/m1/s1. The molecule has 0 aliphatic carbocycles. The van der Waals surface area contributed by atoms with Gasteiger partial charge in [-0.3, -0.25) is 0 Å². The van der Waals surface area contributed by atoms with Crippen LogP contribution >= 0.6 is 0 Å². The molecule has 0 saturated carbocycles. The Bertz CT molecular complexity index is 560. The molecule has 1 saturated heterocycles. The normalized spacial score (nSPS) is 22.1. The maximum Gasteiger partial charge on any atom is 0.208 e. The van der Waals surface area contributed by atoms with Gasteiger partial charge in [0.25, 0.3) is 0 Å². The second-order valence-corrected chi connectivity index (χ2v) is 7.72. The third-order valence-electron chi connectivity index (χ3n) is 3.86. The van der Waals surface area contributed by atoms with Crippen LogP contribution in [-0.4, -0.2) is 45.2 Å². The number of nitrogens with zero attached hydrogens (tertiary/aromatic N) is 1. The van der Waals surface area contributed by atoms with Crippen molar-refractivity contribution in [2.24, 2.45) is 0 Å². The summed E-state index contributed by atoms with van der Waals surface area (Å²) in [5.41, 5.74) is 1.11. The van der Waals surface area contributed by atoms with Crippen LogP contribution in [0.5, 0.6) is 0 Å². The predicted octanol–water partition coefficient (Wildman–Crippen LogP) is 1.94. The van der Waals surface area contributed by atoms with Crippen LogP contribution in [0, 0.1) is 5.82 Å². The molecule has 1 aliphatic rings. The molecule has 1 heterocycles.